The van der Waals surface area contributed by atoms with E-state index in [-0.39, 0.29) is 5.82 Å². The van der Waals surface area contributed by atoms with Gasteiger partial charge in [0, 0.05) is 23.2 Å². The third-order valence-electron chi connectivity index (χ3n) is 3.03. The van der Waals surface area contributed by atoms with Gasteiger partial charge in [-0.15, -0.1) is 11.3 Å². The van der Waals surface area contributed by atoms with Gasteiger partial charge < -0.3 is 4.74 Å². The van der Waals surface area contributed by atoms with Gasteiger partial charge in [0.05, 0.1) is 10.7 Å². The lowest BCUT2D eigenvalue weighted by molar-refractivity contribution is 0.303. The molecule has 0 aliphatic carbocycles. The first-order valence-corrected chi connectivity index (χ1v) is 7.83. The van der Waals surface area contributed by atoms with Crippen molar-refractivity contribution in [1.29, 1.82) is 0 Å². The third-order valence-corrected chi connectivity index (χ3v) is 4.06. The first-order chi connectivity index (χ1) is 10.6. The molecule has 0 spiro atoms. The molecule has 3 nitrogen and oxygen atoms in total. The molecule has 6 heteroatoms. The van der Waals surface area contributed by atoms with Gasteiger partial charge in [-0.05, 0) is 24.6 Å². The zero-order valence-corrected chi connectivity index (χ0v) is 13.3. The smallest absolute Gasteiger partial charge is 0.132 e. The highest BCUT2D eigenvalue weighted by molar-refractivity contribution is 7.09. The van der Waals surface area contributed by atoms with E-state index in [9.17, 15) is 4.39 Å². The predicted molar refractivity (Wildman–Crippen MR) is 85.8 cm³/mol. The Morgan fingerprint density at radius 3 is 2.73 bits per heavy atom. The molecule has 0 saturated heterocycles. The Labute approximate surface area is 136 Å². The number of benzene rings is 1. The van der Waals surface area contributed by atoms with Crippen LogP contribution in [0.4, 0.5) is 4.39 Å². The van der Waals surface area contributed by atoms with Gasteiger partial charge in [0.1, 0.15) is 23.3 Å². The van der Waals surface area contributed by atoms with Crippen LogP contribution in [0.25, 0.3) is 11.1 Å². The Balaban J connectivity index is 1.88. The summed E-state index contributed by atoms with van der Waals surface area (Å²) in [5.74, 6) is 0.309. The monoisotopic (exact) mass is 334 g/mol. The number of nitrogens with zero attached hydrogens (tertiary/aromatic N) is 2. The fourth-order valence-electron chi connectivity index (χ4n) is 2.00. The average Bonchev–Trinajstić information content (AvgIpc) is 2.92. The molecule has 0 saturated carbocycles. The number of rotatable bonds is 4. The molecule has 22 heavy (non-hydrogen) atoms. The van der Waals surface area contributed by atoms with E-state index >= 15 is 0 Å². The summed E-state index contributed by atoms with van der Waals surface area (Å²) in [6, 6.07) is 7.81. The van der Waals surface area contributed by atoms with Gasteiger partial charge in [-0.2, -0.15) is 0 Å². The molecule has 0 amide bonds. The van der Waals surface area contributed by atoms with E-state index in [0.29, 0.717) is 17.5 Å². The standard InChI is InChI=1S/C16H12ClFN2OS/c1-10-20-13(9-22-10)8-21-15-6-16(17)19-7-14(15)11-2-4-12(18)5-3-11/h2-7,9H,8H2,1H3. The van der Waals surface area contributed by atoms with Crippen LogP contribution in [0.3, 0.4) is 0 Å². The van der Waals surface area contributed by atoms with Crippen LogP contribution < -0.4 is 4.74 Å². The predicted octanol–water partition coefficient (Wildman–Crippen LogP) is 4.89. The van der Waals surface area contributed by atoms with Crippen LogP contribution >= 0.6 is 22.9 Å². The molecule has 0 atom stereocenters. The molecule has 1 aromatic carbocycles. The molecule has 2 heterocycles. The molecular formula is C16H12ClFN2OS. The molecule has 3 aromatic rings. The maximum Gasteiger partial charge on any atom is 0.132 e. The summed E-state index contributed by atoms with van der Waals surface area (Å²) >= 11 is 7.52. The fraction of sp³-hybridized carbons (Fsp3) is 0.125. The minimum atomic E-state index is -0.286. The number of hydrogen-bond acceptors (Lipinski definition) is 4. The van der Waals surface area contributed by atoms with Gasteiger partial charge >= 0.3 is 0 Å². The van der Waals surface area contributed by atoms with E-state index in [1.807, 2.05) is 12.3 Å². The van der Waals surface area contributed by atoms with Crippen LogP contribution in [0.1, 0.15) is 10.7 Å². The van der Waals surface area contributed by atoms with Crippen LogP contribution in [0.2, 0.25) is 5.15 Å². The largest absolute Gasteiger partial charge is 0.486 e. The van der Waals surface area contributed by atoms with Crippen molar-refractivity contribution in [3.63, 3.8) is 0 Å². The van der Waals surface area contributed by atoms with Crippen LogP contribution in [-0.4, -0.2) is 9.97 Å². The second-order valence-electron chi connectivity index (χ2n) is 4.66. The Morgan fingerprint density at radius 1 is 1.27 bits per heavy atom. The van der Waals surface area contributed by atoms with E-state index in [2.05, 4.69) is 9.97 Å². The first kappa shape index (κ1) is 14.9. The van der Waals surface area contributed by atoms with E-state index in [0.717, 1.165) is 21.8 Å². The molecule has 0 fully saturated rings. The highest BCUT2D eigenvalue weighted by Crippen LogP contribution is 2.32. The zero-order valence-electron chi connectivity index (χ0n) is 11.7. The quantitative estimate of drug-likeness (QED) is 0.637. The number of aryl methyl sites for hydroxylation is 1. The molecule has 2 aromatic heterocycles. The Hall–Kier alpha value is -1.98. The van der Waals surface area contributed by atoms with Gasteiger partial charge in [0.25, 0.3) is 0 Å². The summed E-state index contributed by atoms with van der Waals surface area (Å²) in [5.41, 5.74) is 2.44. The van der Waals surface area contributed by atoms with Gasteiger partial charge in [-0.3, -0.25) is 0 Å². The van der Waals surface area contributed by atoms with Crippen molar-refractivity contribution in [3.05, 3.63) is 63.6 Å². The van der Waals surface area contributed by atoms with Gasteiger partial charge in [0.15, 0.2) is 0 Å². The van der Waals surface area contributed by atoms with Crippen LogP contribution in [0, 0.1) is 12.7 Å². The van der Waals surface area contributed by atoms with Crippen molar-refractivity contribution in [3.8, 4) is 16.9 Å². The van der Waals surface area contributed by atoms with E-state index in [4.69, 9.17) is 16.3 Å². The Kier molecular flexibility index (Phi) is 4.36. The number of hydrogen-bond donors (Lipinski definition) is 0. The lowest BCUT2D eigenvalue weighted by Crippen LogP contribution is -1.98. The van der Waals surface area contributed by atoms with Crippen molar-refractivity contribution in [2.45, 2.75) is 13.5 Å². The molecule has 112 valence electrons. The maximum absolute atomic E-state index is 13.1. The maximum atomic E-state index is 13.1. The summed E-state index contributed by atoms with van der Waals surface area (Å²) in [6.07, 6.45) is 1.62. The van der Waals surface area contributed by atoms with E-state index in [1.54, 1.807) is 35.7 Å². The van der Waals surface area contributed by atoms with E-state index in [1.165, 1.54) is 12.1 Å². The molecule has 0 unspecified atom stereocenters. The summed E-state index contributed by atoms with van der Waals surface area (Å²) in [5, 5.41) is 3.29. The Morgan fingerprint density at radius 2 is 2.05 bits per heavy atom. The fourth-order valence-corrected chi connectivity index (χ4v) is 2.75. The lowest BCUT2D eigenvalue weighted by Gasteiger charge is -2.11. The molecule has 0 radical (unpaired) electrons. The zero-order chi connectivity index (χ0) is 15.5. The number of aromatic nitrogens is 2. The number of halogens is 2. The average molecular weight is 335 g/mol. The molecule has 3 rings (SSSR count). The normalized spacial score (nSPS) is 10.7. The molecule has 0 N–H and O–H groups in total. The molecule has 0 aliphatic rings. The van der Waals surface area contributed by atoms with Crippen LogP contribution in [-0.2, 0) is 6.61 Å². The van der Waals surface area contributed by atoms with Crippen LogP contribution in [0.5, 0.6) is 5.75 Å². The van der Waals surface area contributed by atoms with Crippen LogP contribution in [0.15, 0.2) is 41.9 Å². The third kappa shape index (κ3) is 3.43. The second-order valence-corrected chi connectivity index (χ2v) is 6.11. The lowest BCUT2D eigenvalue weighted by atomic mass is 10.1. The minimum Gasteiger partial charge on any atom is -0.486 e. The SMILES string of the molecule is Cc1nc(COc2cc(Cl)ncc2-c2ccc(F)cc2)cs1. The topological polar surface area (TPSA) is 35.0 Å². The first-order valence-electron chi connectivity index (χ1n) is 6.57. The molecule has 0 bridgehead atoms. The minimum absolute atomic E-state index is 0.286. The summed E-state index contributed by atoms with van der Waals surface area (Å²) in [6.45, 7) is 2.29. The van der Waals surface area contributed by atoms with Crippen molar-refractivity contribution >= 4 is 22.9 Å². The summed E-state index contributed by atoms with van der Waals surface area (Å²) < 4.78 is 18.9. The van der Waals surface area contributed by atoms with Crippen molar-refractivity contribution < 1.29 is 9.13 Å². The van der Waals surface area contributed by atoms with Crippen molar-refractivity contribution in [1.82, 2.24) is 9.97 Å². The number of thiazole rings is 1. The highest BCUT2D eigenvalue weighted by atomic mass is 35.5. The molecular weight excluding hydrogens is 323 g/mol. The van der Waals surface area contributed by atoms with E-state index < -0.39 is 0 Å². The second kappa shape index (κ2) is 6.42. The van der Waals surface area contributed by atoms with Gasteiger partial charge in [-0.25, -0.2) is 14.4 Å². The van der Waals surface area contributed by atoms with Gasteiger partial charge in [-0.1, -0.05) is 23.7 Å². The summed E-state index contributed by atoms with van der Waals surface area (Å²) in [7, 11) is 0. The van der Waals surface area contributed by atoms with Gasteiger partial charge in [0.2, 0.25) is 0 Å². The number of pyridine rings is 1. The van der Waals surface area contributed by atoms with Crippen molar-refractivity contribution in [2.75, 3.05) is 0 Å². The molecule has 0 aliphatic heterocycles. The van der Waals surface area contributed by atoms with Crippen molar-refractivity contribution in [2.24, 2.45) is 0 Å². The highest BCUT2D eigenvalue weighted by Gasteiger charge is 2.10. The summed E-state index contributed by atoms with van der Waals surface area (Å²) in [4.78, 5) is 8.43. The number of ether oxygens (including phenoxy) is 1. The Bertz CT molecular complexity index is 789.